The molecule has 0 saturated carbocycles. The molecule has 6 nitrogen and oxygen atoms in total. The van der Waals surface area contributed by atoms with E-state index in [9.17, 15) is 4.79 Å². The van der Waals surface area contributed by atoms with Crippen LogP contribution in [0, 0.1) is 6.92 Å². The first-order valence-corrected chi connectivity index (χ1v) is 8.35. The van der Waals surface area contributed by atoms with Crippen molar-refractivity contribution in [3.63, 3.8) is 0 Å². The molecular formula is C20H18N2O4. The minimum absolute atomic E-state index is 0.213. The Morgan fingerprint density at radius 2 is 1.88 bits per heavy atom. The van der Waals surface area contributed by atoms with Gasteiger partial charge in [0.25, 0.3) is 5.91 Å². The molecule has 1 aromatic heterocycles. The van der Waals surface area contributed by atoms with Crippen LogP contribution in [-0.4, -0.2) is 17.9 Å². The second kappa shape index (κ2) is 6.55. The Bertz CT molecular complexity index is 950. The van der Waals surface area contributed by atoms with Gasteiger partial charge in [0, 0.05) is 5.56 Å². The minimum atomic E-state index is -0.229. The second-order valence-corrected chi connectivity index (χ2v) is 6.14. The van der Waals surface area contributed by atoms with E-state index in [4.69, 9.17) is 14.0 Å². The maximum Gasteiger partial charge on any atom is 0.257 e. The van der Waals surface area contributed by atoms with Gasteiger partial charge >= 0.3 is 0 Å². The van der Waals surface area contributed by atoms with Crippen LogP contribution in [0.25, 0.3) is 11.3 Å². The summed E-state index contributed by atoms with van der Waals surface area (Å²) in [4.78, 5) is 12.9. The van der Waals surface area contributed by atoms with Gasteiger partial charge in [0.15, 0.2) is 11.5 Å². The number of amides is 1. The van der Waals surface area contributed by atoms with Crippen molar-refractivity contribution in [2.24, 2.45) is 0 Å². The Kier molecular flexibility index (Phi) is 4.08. The smallest absolute Gasteiger partial charge is 0.257 e. The van der Waals surface area contributed by atoms with E-state index in [2.05, 4.69) is 10.5 Å². The number of nitrogens with zero attached hydrogens (tertiary/aromatic N) is 1. The number of carbonyl (C=O) groups is 1. The largest absolute Gasteiger partial charge is 0.454 e. The fourth-order valence-electron chi connectivity index (χ4n) is 2.97. The molecule has 132 valence electrons. The lowest BCUT2D eigenvalue weighted by atomic mass is 10.0. The maximum absolute atomic E-state index is 12.9. The summed E-state index contributed by atoms with van der Waals surface area (Å²) >= 11 is 0. The summed E-state index contributed by atoms with van der Waals surface area (Å²) in [5.41, 5.74) is 2.76. The Balaban J connectivity index is 1.58. The van der Waals surface area contributed by atoms with Crippen LogP contribution < -0.4 is 14.8 Å². The summed E-state index contributed by atoms with van der Waals surface area (Å²) in [6, 6.07) is 14.9. The van der Waals surface area contributed by atoms with Crippen LogP contribution in [0.4, 0.5) is 0 Å². The first-order valence-electron chi connectivity index (χ1n) is 8.35. The SMILES string of the molecule is Cc1onc(-c2ccccc2)c1C(=O)N[C@H](C)c1ccc2c(c1)OCO2. The zero-order chi connectivity index (χ0) is 18.1. The average Bonchev–Trinajstić information content (AvgIpc) is 3.28. The van der Waals surface area contributed by atoms with E-state index in [1.807, 2.05) is 55.5 Å². The minimum Gasteiger partial charge on any atom is -0.454 e. The topological polar surface area (TPSA) is 73.6 Å². The molecule has 1 N–H and O–H groups in total. The van der Waals surface area contributed by atoms with Gasteiger partial charge in [-0.15, -0.1) is 0 Å². The van der Waals surface area contributed by atoms with Gasteiger partial charge in [-0.25, -0.2) is 0 Å². The van der Waals surface area contributed by atoms with Crippen LogP contribution >= 0.6 is 0 Å². The molecule has 2 heterocycles. The molecular weight excluding hydrogens is 332 g/mol. The summed E-state index contributed by atoms with van der Waals surface area (Å²) in [6.07, 6.45) is 0. The quantitative estimate of drug-likeness (QED) is 0.773. The van der Waals surface area contributed by atoms with Crippen molar-refractivity contribution in [3.8, 4) is 22.8 Å². The number of hydrogen-bond donors (Lipinski definition) is 1. The molecule has 26 heavy (non-hydrogen) atoms. The van der Waals surface area contributed by atoms with Crippen molar-refractivity contribution < 1.29 is 18.8 Å². The molecule has 0 fully saturated rings. The molecule has 3 aromatic rings. The highest BCUT2D eigenvalue weighted by Crippen LogP contribution is 2.34. The average molecular weight is 350 g/mol. The molecule has 6 heteroatoms. The molecule has 0 bridgehead atoms. The van der Waals surface area contributed by atoms with Gasteiger partial charge in [0.05, 0.1) is 6.04 Å². The predicted octanol–water partition coefficient (Wildman–Crippen LogP) is 3.87. The lowest BCUT2D eigenvalue weighted by molar-refractivity contribution is 0.0939. The summed E-state index contributed by atoms with van der Waals surface area (Å²) in [5, 5.41) is 7.07. The van der Waals surface area contributed by atoms with Crippen molar-refractivity contribution in [2.45, 2.75) is 19.9 Å². The fraction of sp³-hybridized carbons (Fsp3) is 0.200. The number of ether oxygens (including phenoxy) is 2. The summed E-state index contributed by atoms with van der Waals surface area (Å²) < 4.78 is 16.0. The van der Waals surface area contributed by atoms with Gasteiger partial charge < -0.3 is 19.3 Å². The molecule has 0 saturated heterocycles. The van der Waals surface area contributed by atoms with Gasteiger partial charge in [0.2, 0.25) is 6.79 Å². The van der Waals surface area contributed by atoms with Gasteiger partial charge in [0.1, 0.15) is 17.0 Å². The van der Waals surface area contributed by atoms with E-state index in [1.165, 1.54) is 0 Å². The first kappa shape index (κ1) is 16.2. The standard InChI is InChI=1S/C20H18N2O4/c1-12(15-8-9-16-17(10-15)25-11-24-16)21-20(23)18-13(2)26-22-19(18)14-6-4-3-5-7-14/h3-10,12H,11H2,1-2H3,(H,21,23)/t12-/m1/s1. The lowest BCUT2D eigenvalue weighted by Crippen LogP contribution is -2.27. The Morgan fingerprint density at radius 3 is 2.69 bits per heavy atom. The van der Waals surface area contributed by atoms with Crippen molar-refractivity contribution in [1.29, 1.82) is 0 Å². The van der Waals surface area contributed by atoms with E-state index in [-0.39, 0.29) is 18.7 Å². The molecule has 1 atom stereocenters. The number of fused-ring (bicyclic) bond motifs is 1. The third-order valence-corrected chi connectivity index (χ3v) is 4.38. The normalized spacial score (nSPS) is 13.5. The molecule has 0 spiro atoms. The van der Waals surface area contributed by atoms with Gasteiger partial charge in [-0.2, -0.15) is 0 Å². The van der Waals surface area contributed by atoms with Crippen molar-refractivity contribution in [3.05, 3.63) is 65.4 Å². The number of carbonyl (C=O) groups excluding carboxylic acids is 1. The zero-order valence-corrected chi connectivity index (χ0v) is 14.5. The highest BCUT2D eigenvalue weighted by Gasteiger charge is 2.24. The fourth-order valence-corrected chi connectivity index (χ4v) is 2.97. The maximum atomic E-state index is 12.9. The number of rotatable bonds is 4. The third-order valence-electron chi connectivity index (χ3n) is 4.38. The number of nitrogens with one attached hydrogen (secondary N) is 1. The number of benzene rings is 2. The Morgan fingerprint density at radius 1 is 1.12 bits per heavy atom. The van der Waals surface area contributed by atoms with E-state index in [0.29, 0.717) is 28.5 Å². The zero-order valence-electron chi connectivity index (χ0n) is 14.5. The van der Waals surface area contributed by atoms with Gasteiger partial charge in [-0.1, -0.05) is 41.6 Å². The van der Waals surface area contributed by atoms with Crippen molar-refractivity contribution >= 4 is 5.91 Å². The van der Waals surface area contributed by atoms with Gasteiger partial charge in [-0.05, 0) is 31.5 Å². The Hall–Kier alpha value is -3.28. The number of aryl methyl sites for hydroxylation is 1. The first-order chi connectivity index (χ1) is 12.6. The molecule has 0 aliphatic carbocycles. The molecule has 1 aliphatic rings. The summed E-state index contributed by atoms with van der Waals surface area (Å²) in [5.74, 6) is 1.66. The Labute approximate surface area is 150 Å². The monoisotopic (exact) mass is 350 g/mol. The van der Waals surface area contributed by atoms with Gasteiger partial charge in [-0.3, -0.25) is 4.79 Å². The number of aromatic nitrogens is 1. The van der Waals surface area contributed by atoms with E-state index < -0.39 is 0 Å². The molecule has 1 aliphatic heterocycles. The van der Waals surface area contributed by atoms with Crippen LogP contribution in [0.15, 0.2) is 53.1 Å². The molecule has 0 radical (unpaired) electrons. The summed E-state index contributed by atoms with van der Waals surface area (Å²) in [6.45, 7) is 3.87. The van der Waals surface area contributed by atoms with Crippen LogP contribution in [0.5, 0.6) is 11.5 Å². The molecule has 1 amide bonds. The summed E-state index contributed by atoms with van der Waals surface area (Å²) in [7, 11) is 0. The van der Waals surface area contributed by atoms with Crippen LogP contribution in [-0.2, 0) is 0 Å². The van der Waals surface area contributed by atoms with Crippen LogP contribution in [0.3, 0.4) is 0 Å². The lowest BCUT2D eigenvalue weighted by Gasteiger charge is -2.15. The second-order valence-electron chi connectivity index (χ2n) is 6.14. The highest BCUT2D eigenvalue weighted by molar-refractivity contribution is 6.00. The third kappa shape index (κ3) is 2.90. The highest BCUT2D eigenvalue weighted by atomic mass is 16.7. The predicted molar refractivity (Wildman–Crippen MR) is 95.1 cm³/mol. The van der Waals surface area contributed by atoms with E-state index >= 15 is 0 Å². The molecule has 2 aromatic carbocycles. The molecule has 4 rings (SSSR count). The van der Waals surface area contributed by atoms with Crippen molar-refractivity contribution in [2.75, 3.05) is 6.79 Å². The van der Waals surface area contributed by atoms with E-state index in [1.54, 1.807) is 6.92 Å². The van der Waals surface area contributed by atoms with Crippen LogP contribution in [0.2, 0.25) is 0 Å². The number of hydrogen-bond acceptors (Lipinski definition) is 5. The van der Waals surface area contributed by atoms with Crippen molar-refractivity contribution in [1.82, 2.24) is 10.5 Å². The van der Waals surface area contributed by atoms with E-state index in [0.717, 1.165) is 11.1 Å². The van der Waals surface area contributed by atoms with Crippen LogP contribution in [0.1, 0.15) is 34.6 Å². The molecule has 0 unspecified atom stereocenters.